The van der Waals surface area contributed by atoms with E-state index >= 15 is 0 Å². The highest BCUT2D eigenvalue weighted by atomic mass is 16.7. The second-order valence-electron chi connectivity index (χ2n) is 17.1. The highest BCUT2D eigenvalue weighted by Crippen LogP contribution is 2.38. The molecule has 0 aromatic rings. The Morgan fingerprint density at radius 1 is 1.02 bits per heavy atom. The lowest BCUT2D eigenvalue weighted by molar-refractivity contribution is -0.295. The zero-order valence-corrected chi connectivity index (χ0v) is 31.9. The third-order valence-corrected chi connectivity index (χ3v) is 10.6. The number of piperazine rings is 1. The van der Waals surface area contributed by atoms with Crippen molar-refractivity contribution in [3.05, 3.63) is 0 Å². The predicted molar refractivity (Wildman–Crippen MR) is 184 cm³/mol. The molecule has 11 heteroatoms. The number of carbonyl (C=O) groups is 2. The SMILES string of the molecule is CO[C@]1(C)C[C@@H](C)CN(C)[C@H](CN2CCN(CC(C)(C)C)CC2)COC(=O)C(C)(C)C(=O)[C@H](C)[C@H]1O[C@@H]1O[C@H](C)C[C@H](N(C)C)[C@H]1O. The molecule has 0 saturated carbocycles. The first-order valence-corrected chi connectivity index (χ1v) is 17.8. The molecular formula is C36H68N4O7. The minimum absolute atomic E-state index is 0.0317. The van der Waals surface area contributed by atoms with E-state index in [0.29, 0.717) is 12.8 Å². The van der Waals surface area contributed by atoms with E-state index in [-0.39, 0.29) is 41.9 Å². The third kappa shape index (κ3) is 10.4. The summed E-state index contributed by atoms with van der Waals surface area (Å²) < 4.78 is 25.1. The molecule has 0 amide bonds. The van der Waals surface area contributed by atoms with Crippen LogP contribution in [-0.2, 0) is 28.5 Å². The standard InChI is InChI=1S/C36H68N4O7/c1-24-19-36(9,44-13)31(47-32-29(41)28(37(10)11)18-25(2)46-32)26(3)30(42)35(7,8)33(43)45-22-27(38(12)20-24)21-39-14-16-40(17-15-39)23-34(4,5)6/h24-29,31-32,41H,14-23H2,1-13H3/t24-,25-,26+,27-,28+,29-,31-,32+,36-/m1/s1. The summed E-state index contributed by atoms with van der Waals surface area (Å²) in [5, 5.41) is 11.3. The lowest BCUT2D eigenvalue weighted by Crippen LogP contribution is -2.59. The average molecular weight is 669 g/mol. The van der Waals surface area contributed by atoms with E-state index in [9.17, 15) is 14.7 Å². The molecule has 47 heavy (non-hydrogen) atoms. The fourth-order valence-electron chi connectivity index (χ4n) is 7.88. The van der Waals surface area contributed by atoms with Crippen molar-refractivity contribution in [1.82, 2.24) is 19.6 Å². The second kappa shape index (κ2) is 16.2. The molecule has 1 N–H and O–H groups in total. The van der Waals surface area contributed by atoms with E-state index in [1.165, 1.54) is 0 Å². The van der Waals surface area contributed by atoms with Gasteiger partial charge in [0.15, 0.2) is 12.1 Å². The predicted octanol–water partition coefficient (Wildman–Crippen LogP) is 2.98. The van der Waals surface area contributed by atoms with Gasteiger partial charge in [0.05, 0.1) is 23.9 Å². The number of aliphatic hydroxyl groups is 1. The molecule has 0 unspecified atom stereocenters. The first kappa shape index (κ1) is 40.3. The smallest absolute Gasteiger partial charge is 0.319 e. The number of esters is 1. The van der Waals surface area contributed by atoms with Crippen molar-refractivity contribution < 1.29 is 33.6 Å². The Kier molecular flexibility index (Phi) is 13.9. The number of carbonyl (C=O) groups excluding carboxylic acids is 2. The molecule has 0 spiro atoms. The van der Waals surface area contributed by atoms with Gasteiger partial charge in [-0.1, -0.05) is 34.6 Å². The van der Waals surface area contributed by atoms with Crippen molar-refractivity contribution in [2.75, 3.05) is 80.7 Å². The third-order valence-electron chi connectivity index (χ3n) is 10.6. The van der Waals surface area contributed by atoms with Gasteiger partial charge in [-0.25, -0.2) is 0 Å². The number of ether oxygens (including phenoxy) is 4. The first-order chi connectivity index (χ1) is 21.7. The van der Waals surface area contributed by atoms with Crippen LogP contribution in [0.2, 0.25) is 0 Å². The molecule has 11 nitrogen and oxygen atoms in total. The van der Waals surface area contributed by atoms with Gasteiger partial charge in [-0.05, 0) is 73.0 Å². The zero-order chi connectivity index (χ0) is 35.5. The van der Waals surface area contributed by atoms with Crippen LogP contribution in [0.3, 0.4) is 0 Å². The van der Waals surface area contributed by atoms with Gasteiger partial charge in [-0.2, -0.15) is 0 Å². The number of rotatable bonds is 7. The molecule has 0 radical (unpaired) electrons. The van der Waals surface area contributed by atoms with Gasteiger partial charge in [-0.15, -0.1) is 0 Å². The minimum Gasteiger partial charge on any atom is -0.463 e. The Balaban J connectivity index is 1.88. The topological polar surface area (TPSA) is 104 Å². The Bertz CT molecular complexity index is 1030. The molecule has 274 valence electrons. The number of cyclic esters (lactones) is 1. The van der Waals surface area contributed by atoms with Crippen molar-refractivity contribution in [2.45, 2.75) is 117 Å². The number of methoxy groups -OCH3 is 1. The number of hydrogen-bond donors (Lipinski definition) is 1. The van der Waals surface area contributed by atoms with Gasteiger partial charge in [0.2, 0.25) is 0 Å². The number of hydrogen-bond acceptors (Lipinski definition) is 11. The summed E-state index contributed by atoms with van der Waals surface area (Å²) >= 11 is 0. The van der Waals surface area contributed by atoms with Crippen LogP contribution in [0.1, 0.15) is 75.2 Å². The molecule has 0 aromatic carbocycles. The highest BCUT2D eigenvalue weighted by molar-refractivity contribution is 6.04. The number of likely N-dealkylation sites (N-methyl/N-ethyl adjacent to an activating group) is 2. The highest BCUT2D eigenvalue weighted by Gasteiger charge is 2.51. The van der Waals surface area contributed by atoms with E-state index in [2.05, 4.69) is 49.4 Å². The van der Waals surface area contributed by atoms with E-state index in [1.807, 2.05) is 32.8 Å². The number of ketones is 1. The molecule has 3 aliphatic heterocycles. The number of Topliss-reactive ketones (excluding diaryl/α,β-unsaturated/α-hetero) is 1. The summed E-state index contributed by atoms with van der Waals surface area (Å²) in [5.74, 6) is -1.42. The molecule has 0 aliphatic carbocycles. The quantitative estimate of drug-likeness (QED) is 0.320. The van der Waals surface area contributed by atoms with Crippen molar-refractivity contribution >= 4 is 11.8 Å². The van der Waals surface area contributed by atoms with Gasteiger partial charge in [0, 0.05) is 64.9 Å². The Morgan fingerprint density at radius 3 is 2.17 bits per heavy atom. The zero-order valence-electron chi connectivity index (χ0n) is 31.9. The van der Waals surface area contributed by atoms with Crippen LogP contribution in [-0.4, -0.2) is 159 Å². The van der Waals surface area contributed by atoms with Gasteiger partial charge >= 0.3 is 5.97 Å². The van der Waals surface area contributed by atoms with Gasteiger partial charge in [0.25, 0.3) is 0 Å². The van der Waals surface area contributed by atoms with Crippen LogP contribution in [0.25, 0.3) is 0 Å². The average Bonchev–Trinajstić information content (AvgIpc) is 2.97. The van der Waals surface area contributed by atoms with Crippen LogP contribution in [0.5, 0.6) is 0 Å². The molecule has 3 aliphatic rings. The van der Waals surface area contributed by atoms with Crippen molar-refractivity contribution in [1.29, 1.82) is 0 Å². The fourth-order valence-corrected chi connectivity index (χ4v) is 7.88. The summed E-state index contributed by atoms with van der Waals surface area (Å²) in [6, 6.07) is -0.202. The van der Waals surface area contributed by atoms with Crippen LogP contribution < -0.4 is 0 Å². The Labute approximate surface area is 285 Å². The lowest BCUT2D eigenvalue weighted by atomic mass is 9.74. The summed E-state index contributed by atoms with van der Waals surface area (Å²) in [5.41, 5.74) is -2.07. The summed E-state index contributed by atoms with van der Waals surface area (Å²) in [6.07, 6.45) is -1.58. The number of nitrogens with zero attached hydrogens (tertiary/aromatic N) is 4. The van der Waals surface area contributed by atoms with Crippen molar-refractivity contribution in [3.63, 3.8) is 0 Å². The van der Waals surface area contributed by atoms with E-state index in [4.69, 9.17) is 18.9 Å². The maximum Gasteiger partial charge on any atom is 0.319 e. The summed E-state index contributed by atoms with van der Waals surface area (Å²) in [7, 11) is 7.60. The first-order valence-electron chi connectivity index (χ1n) is 17.8. The maximum absolute atomic E-state index is 14.3. The van der Waals surface area contributed by atoms with Crippen molar-refractivity contribution in [3.8, 4) is 0 Å². The largest absolute Gasteiger partial charge is 0.463 e. The van der Waals surface area contributed by atoms with E-state index < -0.39 is 41.4 Å². The van der Waals surface area contributed by atoms with Gasteiger partial charge in [0.1, 0.15) is 18.1 Å². The summed E-state index contributed by atoms with van der Waals surface area (Å²) in [6.45, 7) is 24.8. The van der Waals surface area contributed by atoms with Crippen molar-refractivity contribution in [2.24, 2.45) is 22.7 Å². The molecule has 3 rings (SSSR count). The monoisotopic (exact) mass is 669 g/mol. The van der Waals surface area contributed by atoms with Gasteiger partial charge in [-0.3, -0.25) is 19.4 Å². The normalized spacial score (nSPS) is 38.0. The minimum atomic E-state index is -1.41. The van der Waals surface area contributed by atoms with E-state index in [1.54, 1.807) is 27.9 Å². The molecule has 3 saturated heterocycles. The maximum atomic E-state index is 14.3. The number of aliphatic hydroxyl groups excluding tert-OH is 1. The van der Waals surface area contributed by atoms with Crippen LogP contribution in [0.4, 0.5) is 0 Å². The molecule has 3 heterocycles. The molecule has 0 bridgehead atoms. The molecule has 3 fully saturated rings. The van der Waals surface area contributed by atoms with Crippen LogP contribution in [0, 0.1) is 22.7 Å². The fraction of sp³-hybridized carbons (Fsp3) is 0.944. The van der Waals surface area contributed by atoms with Crippen LogP contribution >= 0.6 is 0 Å². The molecule has 9 atom stereocenters. The molecule has 0 aromatic heterocycles. The van der Waals surface area contributed by atoms with Crippen LogP contribution in [0.15, 0.2) is 0 Å². The van der Waals surface area contributed by atoms with E-state index in [0.717, 1.165) is 45.8 Å². The Morgan fingerprint density at radius 2 is 1.62 bits per heavy atom. The molecular weight excluding hydrogens is 600 g/mol. The second-order valence-corrected chi connectivity index (χ2v) is 17.1. The lowest BCUT2D eigenvalue weighted by Gasteiger charge is -2.47. The Hall–Kier alpha value is -1.18. The van der Waals surface area contributed by atoms with Gasteiger partial charge < -0.3 is 33.9 Å². The summed E-state index contributed by atoms with van der Waals surface area (Å²) in [4.78, 5) is 37.2.